The molecule has 272 valence electrons. The number of hydrogen-bond acceptors (Lipinski definition) is 10. The van der Waals surface area contributed by atoms with Gasteiger partial charge in [0.2, 0.25) is 0 Å². The van der Waals surface area contributed by atoms with Crippen LogP contribution in [0, 0.1) is 40.4 Å². The van der Waals surface area contributed by atoms with Crippen LogP contribution in [0.15, 0.2) is 29.8 Å². The first-order chi connectivity index (χ1) is 23.0. The van der Waals surface area contributed by atoms with E-state index in [1.807, 2.05) is 20.8 Å². The number of ether oxygens (including phenoxy) is 2. The molecule has 5 aliphatic carbocycles. The molecule has 1 aromatic carbocycles. The lowest BCUT2D eigenvalue weighted by Gasteiger charge is -2.62. The minimum atomic E-state index is -1.45. The Kier molecular flexibility index (Phi) is 8.47. The summed E-state index contributed by atoms with van der Waals surface area (Å²) in [4.78, 5) is 14.5. The zero-order valence-electron chi connectivity index (χ0n) is 29.5. The van der Waals surface area contributed by atoms with Crippen LogP contribution >= 0.6 is 0 Å². The van der Waals surface area contributed by atoms with Gasteiger partial charge in [0.05, 0.1) is 35.6 Å². The molecule has 4 saturated carbocycles. The van der Waals surface area contributed by atoms with Gasteiger partial charge in [-0.05, 0) is 91.5 Å². The zero-order chi connectivity index (χ0) is 35.5. The van der Waals surface area contributed by atoms with E-state index in [1.54, 1.807) is 19.1 Å². The first-order valence-electron chi connectivity index (χ1n) is 18.5. The average molecular weight is 685 g/mol. The molecule has 49 heavy (non-hydrogen) atoms. The summed E-state index contributed by atoms with van der Waals surface area (Å²) in [5.74, 6) is -2.83. The molecule has 1 aromatic rings. The highest BCUT2D eigenvalue weighted by Crippen LogP contribution is 2.73. The lowest BCUT2D eigenvalue weighted by Crippen LogP contribution is -2.67. The number of allylic oxidation sites excluding steroid dienone is 1. The van der Waals surface area contributed by atoms with E-state index in [0.717, 1.165) is 12.8 Å². The lowest BCUT2D eigenvalue weighted by atomic mass is 9.43. The normalized spacial score (nSPS) is 50.7. The fourth-order valence-corrected chi connectivity index (χ4v) is 12.4. The second-order valence-corrected chi connectivity index (χ2v) is 17.4. The average Bonchev–Trinajstić information content (AvgIpc) is 3.37. The largest absolute Gasteiger partial charge is 0.504 e. The van der Waals surface area contributed by atoms with Crippen molar-refractivity contribution in [2.24, 2.45) is 40.4 Å². The highest BCUT2D eigenvalue weighted by atomic mass is 16.6. The molecule has 0 aromatic heterocycles. The summed E-state index contributed by atoms with van der Waals surface area (Å²) in [5.41, 5.74) is -4.48. The minimum absolute atomic E-state index is 0.0663. The molecular weight excluding hydrogens is 628 g/mol. The maximum absolute atomic E-state index is 14.5. The summed E-state index contributed by atoms with van der Waals surface area (Å²) < 4.78 is 13.1. The van der Waals surface area contributed by atoms with Crippen molar-refractivity contribution in [1.29, 1.82) is 0 Å². The Morgan fingerprint density at radius 2 is 1.73 bits per heavy atom. The number of ketones is 1. The van der Waals surface area contributed by atoms with Crippen LogP contribution < -0.4 is 0 Å². The molecule has 1 aliphatic heterocycles. The smallest absolute Gasteiger partial charge is 0.160 e. The third-order valence-electron chi connectivity index (χ3n) is 15.1. The van der Waals surface area contributed by atoms with Crippen molar-refractivity contribution >= 4 is 5.78 Å². The molecular formula is C39H56O10. The fourth-order valence-electron chi connectivity index (χ4n) is 12.4. The second-order valence-electron chi connectivity index (χ2n) is 17.4. The van der Waals surface area contributed by atoms with Crippen molar-refractivity contribution in [2.45, 2.75) is 133 Å². The predicted octanol–water partition coefficient (Wildman–Crippen LogP) is 3.72. The molecule has 1 spiro atoms. The number of phenolic OH excluding ortho intramolecular Hbond substituents is 2. The summed E-state index contributed by atoms with van der Waals surface area (Å²) in [6.45, 7) is 10.2. The third-order valence-corrected chi connectivity index (χ3v) is 15.1. The Morgan fingerprint density at radius 3 is 2.43 bits per heavy atom. The molecule has 6 aliphatic rings. The molecule has 5 fully saturated rings. The molecule has 1 heterocycles. The molecule has 7 N–H and O–H groups in total. The predicted molar refractivity (Wildman–Crippen MR) is 180 cm³/mol. The van der Waals surface area contributed by atoms with E-state index >= 15 is 0 Å². The number of aromatic hydroxyl groups is 2. The van der Waals surface area contributed by atoms with Gasteiger partial charge in [-0.1, -0.05) is 46.6 Å². The van der Waals surface area contributed by atoms with Crippen LogP contribution in [0.5, 0.6) is 11.5 Å². The molecule has 0 bridgehead atoms. The van der Waals surface area contributed by atoms with Crippen molar-refractivity contribution in [3.63, 3.8) is 0 Å². The SMILES string of the molecule is CC1CCCC2(OC3CC4(O)C5=CC(=O)C6C(c7ccc(O)c(O)c7)C(O)C(OCCCO)CC6(C)C5CCC4(C)C3C2(C)O)C(O)C1C. The Balaban J connectivity index is 1.29. The summed E-state index contributed by atoms with van der Waals surface area (Å²) in [6.07, 6.45) is 2.86. The van der Waals surface area contributed by atoms with E-state index in [2.05, 4.69) is 6.92 Å². The van der Waals surface area contributed by atoms with Crippen LogP contribution in [-0.4, -0.2) is 96.0 Å². The van der Waals surface area contributed by atoms with Crippen molar-refractivity contribution in [3.8, 4) is 11.5 Å². The van der Waals surface area contributed by atoms with Crippen molar-refractivity contribution in [1.82, 2.24) is 0 Å². The van der Waals surface area contributed by atoms with Crippen LogP contribution in [0.2, 0.25) is 0 Å². The highest BCUT2D eigenvalue weighted by Gasteiger charge is 2.79. The van der Waals surface area contributed by atoms with E-state index in [-0.39, 0.29) is 54.7 Å². The van der Waals surface area contributed by atoms with Crippen LogP contribution in [0.4, 0.5) is 0 Å². The molecule has 7 rings (SSSR count). The standard InChI is InChI=1S/C39H56O10/c1-20-8-6-12-39(34(45)21(20)2)37(5,46)33-29(49-39)19-38(47)24-17-27(43)31-30(22-9-10-25(41)26(42)16-22)32(44)28(48-15-7-14-40)18-35(31,3)23(24)11-13-36(33,38)4/h9-10,16-17,20-21,23,28-34,40-42,44-47H,6-8,11-15,18-19H2,1-5H3. The van der Waals surface area contributed by atoms with Crippen molar-refractivity contribution in [3.05, 3.63) is 35.4 Å². The van der Waals surface area contributed by atoms with Gasteiger partial charge in [0, 0.05) is 42.8 Å². The van der Waals surface area contributed by atoms with Gasteiger partial charge < -0.3 is 45.2 Å². The van der Waals surface area contributed by atoms with Gasteiger partial charge in [-0.2, -0.15) is 0 Å². The first kappa shape index (κ1) is 35.4. The molecule has 0 amide bonds. The van der Waals surface area contributed by atoms with Crippen LogP contribution in [0.3, 0.4) is 0 Å². The summed E-state index contributed by atoms with van der Waals surface area (Å²) in [7, 11) is 0. The Bertz CT molecular complexity index is 1510. The van der Waals surface area contributed by atoms with Gasteiger partial charge in [0.25, 0.3) is 0 Å². The number of fused-ring (bicyclic) bond motifs is 7. The van der Waals surface area contributed by atoms with Gasteiger partial charge >= 0.3 is 0 Å². The van der Waals surface area contributed by atoms with Crippen LogP contribution in [0.1, 0.15) is 97.5 Å². The number of aliphatic hydroxyl groups is 5. The maximum atomic E-state index is 14.5. The van der Waals surface area contributed by atoms with Crippen molar-refractivity contribution in [2.75, 3.05) is 13.2 Å². The number of benzene rings is 1. The quantitative estimate of drug-likeness (QED) is 0.179. The number of carbonyl (C=O) groups is 1. The number of carbonyl (C=O) groups excluding carboxylic acids is 1. The minimum Gasteiger partial charge on any atom is -0.504 e. The van der Waals surface area contributed by atoms with E-state index in [4.69, 9.17) is 9.47 Å². The fraction of sp³-hybridized carbons (Fsp3) is 0.769. The Labute approximate surface area is 289 Å². The molecule has 10 nitrogen and oxygen atoms in total. The van der Waals surface area contributed by atoms with Crippen LogP contribution in [-0.2, 0) is 14.3 Å². The topological polar surface area (TPSA) is 177 Å². The van der Waals surface area contributed by atoms with Crippen LogP contribution in [0.25, 0.3) is 0 Å². The number of aliphatic hydroxyl groups excluding tert-OH is 3. The molecule has 15 unspecified atom stereocenters. The third kappa shape index (κ3) is 4.66. The van der Waals surface area contributed by atoms with Gasteiger partial charge in [-0.15, -0.1) is 0 Å². The zero-order valence-corrected chi connectivity index (χ0v) is 29.5. The molecule has 0 radical (unpaired) electrons. The van der Waals surface area contributed by atoms with E-state index < -0.39 is 69.8 Å². The van der Waals surface area contributed by atoms with E-state index in [0.29, 0.717) is 43.2 Å². The number of phenols is 2. The Hall–Kier alpha value is -2.05. The van der Waals surface area contributed by atoms with Gasteiger partial charge in [-0.3, -0.25) is 4.79 Å². The Morgan fingerprint density at radius 1 is 1.00 bits per heavy atom. The lowest BCUT2D eigenvalue weighted by molar-refractivity contribution is -0.223. The van der Waals surface area contributed by atoms with E-state index in [1.165, 1.54) is 12.1 Å². The number of hydrogen-bond donors (Lipinski definition) is 7. The molecule has 15 atom stereocenters. The second kappa shape index (κ2) is 11.7. The number of rotatable bonds is 5. The van der Waals surface area contributed by atoms with Crippen molar-refractivity contribution < 1.29 is 50.0 Å². The maximum Gasteiger partial charge on any atom is 0.160 e. The highest BCUT2D eigenvalue weighted by molar-refractivity contribution is 5.96. The summed E-state index contributed by atoms with van der Waals surface area (Å²) in [6, 6.07) is 4.37. The van der Waals surface area contributed by atoms with Gasteiger partial charge in [-0.25, -0.2) is 0 Å². The molecule has 1 saturated heterocycles. The van der Waals surface area contributed by atoms with Gasteiger partial charge in [0.15, 0.2) is 17.3 Å². The summed E-state index contributed by atoms with van der Waals surface area (Å²) in [5, 5.41) is 79.2. The first-order valence-corrected chi connectivity index (χ1v) is 18.5. The summed E-state index contributed by atoms with van der Waals surface area (Å²) >= 11 is 0. The van der Waals surface area contributed by atoms with E-state index in [9.17, 15) is 40.5 Å². The monoisotopic (exact) mass is 684 g/mol. The van der Waals surface area contributed by atoms with Gasteiger partial charge in [0.1, 0.15) is 5.60 Å². The molecule has 10 heteroatoms.